The van der Waals surface area contributed by atoms with Gasteiger partial charge in [0.2, 0.25) is 5.91 Å². The number of carbonyl (C=O) groups is 1. The second-order valence-corrected chi connectivity index (χ2v) is 8.79. The Labute approximate surface area is 142 Å². The summed E-state index contributed by atoms with van der Waals surface area (Å²) < 4.78 is 2.34. The van der Waals surface area contributed by atoms with Crippen molar-refractivity contribution in [3.05, 3.63) is 5.82 Å². The van der Waals surface area contributed by atoms with Crippen LogP contribution in [-0.2, 0) is 4.79 Å². The third-order valence-electron chi connectivity index (χ3n) is 5.27. The zero-order chi connectivity index (χ0) is 16.0. The third kappa shape index (κ3) is 3.28. The normalized spacial score (nSPS) is 24.0. The molecular formula is C17H26N4OS. The van der Waals surface area contributed by atoms with Gasteiger partial charge in [-0.05, 0) is 51.4 Å². The number of hydrogen-bond acceptors (Lipinski definition) is 4. The Morgan fingerprint density at radius 3 is 2.43 bits per heavy atom. The topological polar surface area (TPSA) is 51.0 Å². The van der Waals surface area contributed by atoms with Crippen molar-refractivity contribution in [3.63, 3.8) is 0 Å². The lowest BCUT2D eigenvalue weighted by Gasteiger charge is -2.32. The summed E-state index contributed by atoms with van der Waals surface area (Å²) in [6.45, 7) is 6.12. The van der Waals surface area contributed by atoms with Gasteiger partial charge < -0.3 is 9.47 Å². The minimum Gasteiger partial charge on any atom is -0.342 e. The van der Waals surface area contributed by atoms with Crippen LogP contribution in [0.3, 0.4) is 0 Å². The van der Waals surface area contributed by atoms with Crippen LogP contribution in [0.25, 0.3) is 0 Å². The highest BCUT2D eigenvalue weighted by molar-refractivity contribution is 8.00. The lowest BCUT2D eigenvalue weighted by molar-refractivity contribution is -0.131. The van der Waals surface area contributed by atoms with Crippen molar-refractivity contribution in [2.45, 2.75) is 74.7 Å². The molecule has 3 fully saturated rings. The summed E-state index contributed by atoms with van der Waals surface area (Å²) in [5.41, 5.74) is 0. The molecule has 23 heavy (non-hydrogen) atoms. The fourth-order valence-electron chi connectivity index (χ4n) is 3.36. The van der Waals surface area contributed by atoms with Crippen LogP contribution in [-0.4, -0.2) is 43.9 Å². The van der Waals surface area contributed by atoms with Crippen molar-refractivity contribution in [2.75, 3.05) is 13.1 Å². The minimum absolute atomic E-state index is 0.0721. The molecule has 4 rings (SSSR count). The van der Waals surface area contributed by atoms with Crippen LogP contribution in [0.15, 0.2) is 5.16 Å². The molecule has 2 saturated carbocycles. The summed E-state index contributed by atoms with van der Waals surface area (Å²) in [6, 6.07) is 0.584. The van der Waals surface area contributed by atoms with Crippen LogP contribution >= 0.6 is 11.8 Å². The molecular weight excluding hydrogens is 308 g/mol. The zero-order valence-electron chi connectivity index (χ0n) is 14.1. The second-order valence-electron chi connectivity index (χ2n) is 7.48. The maximum Gasteiger partial charge on any atom is 0.235 e. The molecule has 0 bridgehead atoms. The van der Waals surface area contributed by atoms with Crippen LogP contribution in [0.1, 0.15) is 70.2 Å². The Morgan fingerprint density at radius 1 is 1.13 bits per heavy atom. The monoisotopic (exact) mass is 334 g/mol. The molecule has 6 heteroatoms. The first-order valence-corrected chi connectivity index (χ1v) is 9.91. The van der Waals surface area contributed by atoms with Gasteiger partial charge in [-0.1, -0.05) is 18.7 Å². The van der Waals surface area contributed by atoms with E-state index in [1.807, 2.05) is 11.8 Å². The number of nitrogens with zero attached hydrogens (tertiary/aromatic N) is 4. The number of amides is 1. The first-order chi connectivity index (χ1) is 11.1. The number of carbonyl (C=O) groups excluding carboxylic acids is 1. The fraction of sp³-hybridized carbons (Fsp3) is 0.824. The lowest BCUT2D eigenvalue weighted by atomic mass is 9.99. The van der Waals surface area contributed by atoms with Crippen LogP contribution in [0, 0.1) is 5.92 Å². The molecule has 126 valence electrons. The first-order valence-electron chi connectivity index (χ1n) is 9.03. The van der Waals surface area contributed by atoms with Crippen LogP contribution in [0.2, 0.25) is 0 Å². The van der Waals surface area contributed by atoms with Gasteiger partial charge in [-0.2, -0.15) is 0 Å². The van der Waals surface area contributed by atoms with Gasteiger partial charge in [-0.15, -0.1) is 10.2 Å². The molecule has 5 nitrogen and oxygen atoms in total. The quantitative estimate of drug-likeness (QED) is 0.776. The van der Waals surface area contributed by atoms with Gasteiger partial charge in [0, 0.05) is 25.0 Å². The van der Waals surface area contributed by atoms with E-state index >= 15 is 0 Å². The largest absolute Gasteiger partial charge is 0.342 e. The summed E-state index contributed by atoms with van der Waals surface area (Å²) in [7, 11) is 0. The molecule has 1 amide bonds. The van der Waals surface area contributed by atoms with E-state index in [0.29, 0.717) is 12.0 Å². The SMILES string of the molecule is CC1CCN(C(=O)C(C)Sc2nnc(C3CC3)n2C2CC2)CC1. The predicted molar refractivity (Wildman–Crippen MR) is 90.6 cm³/mol. The van der Waals surface area contributed by atoms with E-state index in [4.69, 9.17) is 0 Å². The number of hydrogen-bond donors (Lipinski definition) is 0. The third-order valence-corrected chi connectivity index (χ3v) is 6.32. The van der Waals surface area contributed by atoms with Crippen LogP contribution < -0.4 is 0 Å². The van der Waals surface area contributed by atoms with Gasteiger partial charge in [0.05, 0.1) is 5.25 Å². The molecule has 0 aromatic carbocycles. The van der Waals surface area contributed by atoms with Gasteiger partial charge in [0.1, 0.15) is 5.82 Å². The molecule has 1 saturated heterocycles. The highest BCUT2D eigenvalue weighted by Crippen LogP contribution is 2.46. The van der Waals surface area contributed by atoms with E-state index in [2.05, 4.69) is 21.7 Å². The number of rotatable bonds is 5. The smallest absolute Gasteiger partial charge is 0.235 e. The van der Waals surface area contributed by atoms with Crippen LogP contribution in [0.4, 0.5) is 0 Å². The molecule has 0 spiro atoms. The Hall–Kier alpha value is -1.04. The average Bonchev–Trinajstić information content (AvgIpc) is 3.46. The van der Waals surface area contributed by atoms with Crippen molar-refractivity contribution in [1.82, 2.24) is 19.7 Å². The van der Waals surface area contributed by atoms with Gasteiger partial charge in [-0.25, -0.2) is 0 Å². The molecule has 1 aliphatic heterocycles. The molecule has 1 aromatic rings. The maximum atomic E-state index is 12.7. The highest BCUT2D eigenvalue weighted by atomic mass is 32.2. The summed E-state index contributed by atoms with van der Waals surface area (Å²) in [5, 5.41) is 9.75. The molecule has 1 aromatic heterocycles. The van der Waals surface area contributed by atoms with Crippen molar-refractivity contribution in [1.29, 1.82) is 0 Å². The molecule has 1 unspecified atom stereocenters. The summed E-state index contributed by atoms with van der Waals surface area (Å²) in [6.07, 6.45) is 7.22. The van der Waals surface area contributed by atoms with E-state index in [1.54, 1.807) is 11.8 Å². The van der Waals surface area contributed by atoms with E-state index in [9.17, 15) is 4.79 Å². The Morgan fingerprint density at radius 2 is 1.83 bits per heavy atom. The Bertz CT molecular complexity index is 585. The number of piperidine rings is 1. The first kappa shape index (κ1) is 15.5. The van der Waals surface area contributed by atoms with E-state index in [1.165, 1.54) is 31.5 Å². The lowest BCUT2D eigenvalue weighted by Crippen LogP contribution is -2.41. The standard InChI is InChI=1S/C17H26N4OS/c1-11-7-9-20(10-8-11)16(22)12(2)23-17-19-18-15(13-3-4-13)21(17)14-5-6-14/h11-14H,3-10H2,1-2H3. The predicted octanol–water partition coefficient (Wildman–Crippen LogP) is 3.23. The Balaban J connectivity index is 1.44. The summed E-state index contributed by atoms with van der Waals surface area (Å²) in [4.78, 5) is 14.7. The molecule has 2 aliphatic carbocycles. The highest BCUT2D eigenvalue weighted by Gasteiger charge is 2.37. The van der Waals surface area contributed by atoms with Crippen molar-refractivity contribution in [3.8, 4) is 0 Å². The maximum absolute atomic E-state index is 12.7. The molecule has 0 N–H and O–H groups in total. The molecule has 0 radical (unpaired) electrons. The van der Waals surface area contributed by atoms with Crippen molar-refractivity contribution < 1.29 is 4.79 Å². The van der Waals surface area contributed by atoms with Crippen molar-refractivity contribution in [2.24, 2.45) is 5.92 Å². The van der Waals surface area contributed by atoms with E-state index in [-0.39, 0.29) is 11.2 Å². The molecule has 1 atom stereocenters. The van der Waals surface area contributed by atoms with Gasteiger partial charge in [0.15, 0.2) is 5.16 Å². The van der Waals surface area contributed by atoms with Gasteiger partial charge >= 0.3 is 0 Å². The average molecular weight is 334 g/mol. The van der Waals surface area contributed by atoms with Crippen LogP contribution in [0.5, 0.6) is 0 Å². The van der Waals surface area contributed by atoms with Gasteiger partial charge in [0.25, 0.3) is 0 Å². The summed E-state index contributed by atoms with van der Waals surface area (Å²) in [5.74, 6) is 2.80. The van der Waals surface area contributed by atoms with E-state index < -0.39 is 0 Å². The van der Waals surface area contributed by atoms with Gasteiger partial charge in [-0.3, -0.25) is 4.79 Å². The minimum atomic E-state index is -0.0721. The van der Waals surface area contributed by atoms with E-state index in [0.717, 1.165) is 37.0 Å². The second kappa shape index (κ2) is 6.11. The summed E-state index contributed by atoms with van der Waals surface area (Å²) >= 11 is 1.61. The molecule has 3 aliphatic rings. The van der Waals surface area contributed by atoms with Crippen molar-refractivity contribution >= 4 is 17.7 Å². The fourth-order valence-corrected chi connectivity index (χ4v) is 4.37. The number of likely N-dealkylation sites (tertiary alicyclic amines) is 1. The molecule has 2 heterocycles. The number of aromatic nitrogens is 3. The number of thioether (sulfide) groups is 1. The Kier molecular flexibility index (Phi) is 4.12. The zero-order valence-corrected chi connectivity index (χ0v) is 14.9.